The zero-order valence-corrected chi connectivity index (χ0v) is 20.7. The topological polar surface area (TPSA) is 88.6 Å². The van der Waals surface area contributed by atoms with Crippen LogP contribution < -0.4 is 4.72 Å². The Morgan fingerprint density at radius 2 is 1.85 bits per heavy atom. The number of benzene rings is 1. The molecule has 1 saturated heterocycles. The monoisotopic (exact) mass is 473 g/mol. The van der Waals surface area contributed by atoms with Crippen molar-refractivity contribution in [1.82, 2.24) is 14.6 Å². The van der Waals surface area contributed by atoms with Crippen molar-refractivity contribution in [2.24, 2.45) is 5.92 Å². The minimum absolute atomic E-state index is 0.00997. The summed E-state index contributed by atoms with van der Waals surface area (Å²) in [4.78, 5) is 19.4. The van der Waals surface area contributed by atoms with Gasteiger partial charge in [0.1, 0.15) is 0 Å². The van der Waals surface area contributed by atoms with Crippen LogP contribution in [-0.2, 0) is 21.2 Å². The van der Waals surface area contributed by atoms with E-state index in [0.717, 1.165) is 17.0 Å². The molecule has 0 saturated carbocycles. The number of nitrogens with one attached hydrogen (secondary N) is 1. The highest BCUT2D eigenvalue weighted by atomic mass is 32.2. The molecule has 0 radical (unpaired) electrons. The van der Waals surface area contributed by atoms with E-state index < -0.39 is 22.2 Å². The van der Waals surface area contributed by atoms with Crippen LogP contribution in [0.4, 0.5) is 4.79 Å². The fraction of sp³-hybridized carbons (Fsp3) is 0.520. The van der Waals surface area contributed by atoms with Gasteiger partial charge in [-0.2, -0.15) is 0 Å². The van der Waals surface area contributed by atoms with E-state index in [1.165, 1.54) is 0 Å². The molecule has 0 spiro atoms. The van der Waals surface area contributed by atoms with Crippen LogP contribution in [0, 0.1) is 5.92 Å². The van der Waals surface area contributed by atoms with Crippen LogP contribution in [0.2, 0.25) is 0 Å². The number of amides is 1. The van der Waals surface area contributed by atoms with Crippen LogP contribution in [0.3, 0.4) is 0 Å². The van der Waals surface area contributed by atoms with Crippen molar-refractivity contribution in [2.75, 3.05) is 12.3 Å². The molecule has 2 heterocycles. The highest BCUT2D eigenvalue weighted by Gasteiger charge is 2.38. The number of rotatable bonds is 8. The smallest absolute Gasteiger partial charge is 0.410 e. The summed E-state index contributed by atoms with van der Waals surface area (Å²) < 4.78 is 33.8. The standard InChI is InChI=1S/C25H35N3O4S/c1-18(2)17-33(30,31)27-23-14-9-15-28(25(29)32-19(3)4)24(23)16-21-12-8-13-22(26-21)20-10-6-5-7-11-20/h5-8,10-13,18-19,23-24,27H,9,14-17H2,1-4H3/t23-,24-/m1/s1. The first-order valence-electron chi connectivity index (χ1n) is 11.6. The second-order valence-electron chi connectivity index (χ2n) is 9.32. The predicted molar refractivity (Wildman–Crippen MR) is 130 cm³/mol. The Kier molecular flexibility index (Phi) is 8.48. The summed E-state index contributed by atoms with van der Waals surface area (Å²) in [5.74, 6) is 0.0600. The molecule has 180 valence electrons. The molecule has 0 bridgehead atoms. The van der Waals surface area contributed by atoms with Gasteiger partial charge in [0.15, 0.2) is 0 Å². The Morgan fingerprint density at radius 1 is 1.12 bits per heavy atom. The van der Waals surface area contributed by atoms with Gasteiger partial charge in [0.05, 0.1) is 23.6 Å². The molecule has 1 amide bonds. The van der Waals surface area contributed by atoms with Crippen molar-refractivity contribution >= 4 is 16.1 Å². The first-order chi connectivity index (χ1) is 15.6. The van der Waals surface area contributed by atoms with E-state index in [-0.39, 0.29) is 23.8 Å². The molecular formula is C25H35N3O4S. The van der Waals surface area contributed by atoms with Gasteiger partial charge < -0.3 is 9.64 Å². The van der Waals surface area contributed by atoms with E-state index in [4.69, 9.17) is 9.72 Å². The number of sulfonamides is 1. The number of carbonyl (C=O) groups is 1. The molecule has 2 aromatic rings. The summed E-state index contributed by atoms with van der Waals surface area (Å²) in [7, 11) is -3.48. The van der Waals surface area contributed by atoms with Gasteiger partial charge in [0, 0.05) is 30.3 Å². The van der Waals surface area contributed by atoms with Crippen LogP contribution in [0.25, 0.3) is 11.3 Å². The SMILES string of the molecule is CC(C)CS(=O)(=O)N[C@@H]1CCCN(C(=O)OC(C)C)[C@@H]1Cc1cccc(-c2ccccc2)n1. The number of nitrogens with zero attached hydrogens (tertiary/aromatic N) is 2. The maximum Gasteiger partial charge on any atom is 0.410 e. The molecule has 0 unspecified atom stereocenters. The molecular weight excluding hydrogens is 438 g/mol. The van der Waals surface area contributed by atoms with Crippen LogP contribution in [0.5, 0.6) is 0 Å². The maximum absolute atomic E-state index is 12.9. The van der Waals surface area contributed by atoms with E-state index in [9.17, 15) is 13.2 Å². The minimum Gasteiger partial charge on any atom is -0.447 e. The fourth-order valence-corrected chi connectivity index (χ4v) is 5.95. The van der Waals surface area contributed by atoms with Crippen molar-refractivity contribution in [3.8, 4) is 11.3 Å². The summed E-state index contributed by atoms with van der Waals surface area (Å²) in [6.45, 7) is 7.90. The lowest BCUT2D eigenvalue weighted by Gasteiger charge is -2.41. The lowest BCUT2D eigenvalue weighted by atomic mass is 9.93. The summed E-state index contributed by atoms with van der Waals surface area (Å²) in [5, 5.41) is 0. The molecule has 1 aliphatic rings. The molecule has 7 nitrogen and oxygen atoms in total. The lowest BCUT2D eigenvalue weighted by Crippen LogP contribution is -2.58. The number of hydrogen-bond acceptors (Lipinski definition) is 5. The summed E-state index contributed by atoms with van der Waals surface area (Å²) in [6, 6.07) is 14.9. The molecule has 1 aliphatic heterocycles. The number of ether oxygens (including phenoxy) is 1. The zero-order valence-electron chi connectivity index (χ0n) is 19.9. The number of carbonyl (C=O) groups excluding carboxylic acids is 1. The number of hydrogen-bond donors (Lipinski definition) is 1. The second-order valence-corrected chi connectivity index (χ2v) is 11.1. The first-order valence-corrected chi connectivity index (χ1v) is 13.3. The largest absolute Gasteiger partial charge is 0.447 e. The number of aromatic nitrogens is 1. The highest BCUT2D eigenvalue weighted by Crippen LogP contribution is 2.25. The Bertz CT molecular complexity index is 1020. The minimum atomic E-state index is -3.48. The molecule has 3 rings (SSSR count). The lowest BCUT2D eigenvalue weighted by molar-refractivity contribution is 0.0459. The van der Waals surface area contributed by atoms with Gasteiger partial charge in [-0.05, 0) is 44.7 Å². The van der Waals surface area contributed by atoms with E-state index in [0.29, 0.717) is 25.8 Å². The average Bonchev–Trinajstić information content (AvgIpc) is 2.74. The van der Waals surface area contributed by atoms with E-state index in [1.54, 1.807) is 4.90 Å². The Labute approximate surface area is 197 Å². The Morgan fingerprint density at radius 3 is 2.52 bits per heavy atom. The highest BCUT2D eigenvalue weighted by molar-refractivity contribution is 7.89. The third-order valence-electron chi connectivity index (χ3n) is 5.53. The zero-order chi connectivity index (χ0) is 24.0. The van der Waals surface area contributed by atoms with E-state index in [1.807, 2.05) is 76.2 Å². The molecule has 1 N–H and O–H groups in total. The third-order valence-corrected chi connectivity index (χ3v) is 7.30. The second kappa shape index (κ2) is 11.1. The van der Waals surface area contributed by atoms with Crippen LogP contribution in [-0.4, -0.2) is 54.9 Å². The van der Waals surface area contributed by atoms with Gasteiger partial charge in [-0.25, -0.2) is 17.9 Å². The molecule has 1 aromatic carbocycles. The summed E-state index contributed by atoms with van der Waals surface area (Å²) in [5.41, 5.74) is 2.66. The van der Waals surface area contributed by atoms with Crippen molar-refractivity contribution in [1.29, 1.82) is 0 Å². The average molecular weight is 474 g/mol. The molecule has 0 aliphatic carbocycles. The predicted octanol–water partition coefficient (Wildman–Crippen LogP) is 4.24. The Hall–Kier alpha value is -2.45. The fourth-order valence-electron chi connectivity index (χ4n) is 4.24. The summed E-state index contributed by atoms with van der Waals surface area (Å²) >= 11 is 0. The summed E-state index contributed by atoms with van der Waals surface area (Å²) in [6.07, 6.45) is 1.13. The van der Waals surface area contributed by atoms with Gasteiger partial charge >= 0.3 is 6.09 Å². The molecule has 2 atom stereocenters. The van der Waals surface area contributed by atoms with Crippen LogP contribution in [0.1, 0.15) is 46.2 Å². The van der Waals surface area contributed by atoms with Crippen molar-refractivity contribution < 1.29 is 17.9 Å². The van der Waals surface area contributed by atoms with E-state index in [2.05, 4.69) is 4.72 Å². The first kappa shape index (κ1) is 25.2. The quantitative estimate of drug-likeness (QED) is 0.619. The third kappa shape index (κ3) is 7.27. The maximum atomic E-state index is 12.9. The van der Waals surface area contributed by atoms with Gasteiger partial charge in [0.25, 0.3) is 0 Å². The number of piperidine rings is 1. The normalized spacial score (nSPS) is 19.2. The number of pyridine rings is 1. The molecule has 1 fully saturated rings. The van der Waals surface area contributed by atoms with Crippen molar-refractivity contribution in [3.05, 3.63) is 54.2 Å². The van der Waals surface area contributed by atoms with Gasteiger partial charge in [0.2, 0.25) is 10.0 Å². The van der Waals surface area contributed by atoms with Crippen molar-refractivity contribution in [2.45, 2.75) is 65.1 Å². The van der Waals surface area contributed by atoms with Crippen molar-refractivity contribution in [3.63, 3.8) is 0 Å². The van der Waals surface area contributed by atoms with E-state index >= 15 is 0 Å². The van der Waals surface area contributed by atoms with Gasteiger partial charge in [-0.15, -0.1) is 0 Å². The van der Waals surface area contributed by atoms with Gasteiger partial charge in [-0.3, -0.25) is 4.98 Å². The molecule has 8 heteroatoms. The number of likely N-dealkylation sites (tertiary alicyclic amines) is 1. The Balaban J connectivity index is 1.89. The molecule has 1 aromatic heterocycles. The molecule has 33 heavy (non-hydrogen) atoms. The van der Waals surface area contributed by atoms with Crippen LogP contribution in [0.15, 0.2) is 48.5 Å². The van der Waals surface area contributed by atoms with Crippen LogP contribution >= 0.6 is 0 Å². The van der Waals surface area contributed by atoms with Gasteiger partial charge in [-0.1, -0.05) is 50.2 Å².